The molecule has 0 aliphatic carbocycles. The predicted octanol–water partition coefficient (Wildman–Crippen LogP) is 3.38. The molecule has 1 saturated heterocycles. The number of thiocarbonyl (C=S) groups is 1. The van der Waals surface area contributed by atoms with Crippen molar-refractivity contribution in [3.8, 4) is 0 Å². The molecule has 8 nitrogen and oxygen atoms in total. The van der Waals surface area contributed by atoms with Crippen LogP contribution in [0, 0.1) is 6.92 Å². The summed E-state index contributed by atoms with van der Waals surface area (Å²) in [5.74, 6) is 0.656. The summed E-state index contributed by atoms with van der Waals surface area (Å²) in [6.07, 6.45) is 0. The van der Waals surface area contributed by atoms with Crippen LogP contribution < -0.4 is 20.9 Å². The van der Waals surface area contributed by atoms with E-state index < -0.39 is 15.2 Å². The molecule has 1 aliphatic heterocycles. The van der Waals surface area contributed by atoms with Crippen LogP contribution >= 0.6 is 12.2 Å². The van der Waals surface area contributed by atoms with Gasteiger partial charge in [0.15, 0.2) is 5.11 Å². The Labute approximate surface area is 225 Å². The smallest absolute Gasteiger partial charge is 0.200 e. The van der Waals surface area contributed by atoms with E-state index in [0.29, 0.717) is 35.5 Å². The summed E-state index contributed by atoms with van der Waals surface area (Å²) in [5.41, 5.74) is 2.71. The van der Waals surface area contributed by atoms with Crippen LogP contribution in [0.2, 0.25) is 0 Å². The number of nitrogens with one attached hydrogen (secondary N) is 3. The van der Waals surface area contributed by atoms with Crippen LogP contribution in [0.4, 0.5) is 11.5 Å². The number of aryl methyl sites for hydroxylation is 1. The fourth-order valence-corrected chi connectivity index (χ4v) is 6.43. The maximum absolute atomic E-state index is 13.5. The second kappa shape index (κ2) is 12.2. The number of rotatable bonds is 9. The SMILES string of the molecule is CCN(CC)CCNC(=S)Nc1ccc2nc(N3CCNCC3S(=O)(=O)c3ccc(C)cc3)ccc2c1. The van der Waals surface area contributed by atoms with Crippen molar-refractivity contribution >= 4 is 49.6 Å². The summed E-state index contributed by atoms with van der Waals surface area (Å²) in [6.45, 7) is 11.6. The van der Waals surface area contributed by atoms with E-state index in [1.54, 1.807) is 12.1 Å². The third kappa shape index (κ3) is 6.56. The second-order valence-corrected chi connectivity index (χ2v) is 11.7. The van der Waals surface area contributed by atoms with Crippen LogP contribution in [0.1, 0.15) is 19.4 Å². The fourth-order valence-electron chi connectivity index (χ4n) is 4.50. The molecule has 1 aromatic heterocycles. The topological polar surface area (TPSA) is 89.6 Å². The molecule has 3 N–H and O–H groups in total. The predicted molar refractivity (Wildman–Crippen MR) is 156 cm³/mol. The molecule has 2 aromatic carbocycles. The number of sulfone groups is 1. The first-order chi connectivity index (χ1) is 17.8. The Hall–Kier alpha value is -2.79. The van der Waals surface area contributed by atoms with Crippen molar-refractivity contribution in [3.63, 3.8) is 0 Å². The maximum atomic E-state index is 13.5. The minimum Gasteiger partial charge on any atom is -0.361 e. The molecule has 0 amide bonds. The zero-order valence-corrected chi connectivity index (χ0v) is 23.3. The highest BCUT2D eigenvalue weighted by molar-refractivity contribution is 7.92. The lowest BCUT2D eigenvalue weighted by Gasteiger charge is -2.36. The van der Waals surface area contributed by atoms with Gasteiger partial charge in [0.1, 0.15) is 11.2 Å². The van der Waals surface area contributed by atoms with Gasteiger partial charge in [0.2, 0.25) is 9.84 Å². The number of piperazine rings is 1. The van der Waals surface area contributed by atoms with E-state index in [9.17, 15) is 8.42 Å². The number of hydrogen-bond donors (Lipinski definition) is 3. The van der Waals surface area contributed by atoms with Crippen molar-refractivity contribution in [1.29, 1.82) is 0 Å². The van der Waals surface area contributed by atoms with Gasteiger partial charge < -0.3 is 25.8 Å². The number of benzene rings is 2. The highest BCUT2D eigenvalue weighted by atomic mass is 32.2. The van der Waals surface area contributed by atoms with Gasteiger partial charge in [-0.3, -0.25) is 0 Å². The van der Waals surface area contributed by atoms with Crippen molar-refractivity contribution in [2.45, 2.75) is 31.0 Å². The third-order valence-corrected chi connectivity index (χ3v) is 9.05. The normalized spacial score (nSPS) is 16.2. The molecule has 0 saturated carbocycles. The average Bonchev–Trinajstić information content (AvgIpc) is 2.91. The molecule has 0 radical (unpaired) electrons. The summed E-state index contributed by atoms with van der Waals surface area (Å²) in [4.78, 5) is 9.39. The minimum absolute atomic E-state index is 0.329. The molecule has 37 heavy (non-hydrogen) atoms. The van der Waals surface area contributed by atoms with Gasteiger partial charge >= 0.3 is 0 Å². The number of hydrogen-bond acceptors (Lipinski definition) is 7. The van der Waals surface area contributed by atoms with E-state index in [2.05, 4.69) is 34.7 Å². The minimum atomic E-state index is -3.58. The average molecular weight is 541 g/mol. The zero-order valence-electron chi connectivity index (χ0n) is 21.7. The van der Waals surface area contributed by atoms with E-state index in [4.69, 9.17) is 17.2 Å². The van der Waals surface area contributed by atoms with Crippen LogP contribution in [0.5, 0.6) is 0 Å². The maximum Gasteiger partial charge on any atom is 0.200 e. The molecule has 1 atom stereocenters. The number of aromatic nitrogens is 1. The van der Waals surface area contributed by atoms with Gasteiger partial charge in [-0.05, 0) is 74.7 Å². The number of nitrogens with zero attached hydrogens (tertiary/aromatic N) is 3. The summed E-state index contributed by atoms with van der Waals surface area (Å²) in [5, 5.41) is 10.5. The highest BCUT2D eigenvalue weighted by Crippen LogP contribution is 2.27. The number of pyridine rings is 1. The van der Waals surface area contributed by atoms with Crippen molar-refractivity contribution in [2.24, 2.45) is 0 Å². The number of anilines is 2. The molecular formula is C27H36N6O2S2. The molecular weight excluding hydrogens is 504 g/mol. The van der Waals surface area contributed by atoms with Crippen LogP contribution in [0.3, 0.4) is 0 Å². The van der Waals surface area contributed by atoms with E-state index in [-0.39, 0.29) is 0 Å². The van der Waals surface area contributed by atoms with E-state index >= 15 is 0 Å². The van der Waals surface area contributed by atoms with Crippen LogP contribution in [-0.4, -0.2) is 74.6 Å². The first kappa shape index (κ1) is 27.3. The third-order valence-electron chi connectivity index (χ3n) is 6.74. The highest BCUT2D eigenvalue weighted by Gasteiger charge is 2.35. The number of likely N-dealkylation sites (N-methyl/N-ethyl adjacent to an activating group) is 1. The number of fused-ring (bicyclic) bond motifs is 1. The van der Waals surface area contributed by atoms with Crippen molar-refractivity contribution in [2.75, 3.05) is 56.0 Å². The zero-order chi connectivity index (χ0) is 26.4. The summed E-state index contributed by atoms with van der Waals surface area (Å²) < 4.78 is 27.0. The molecule has 198 valence electrons. The van der Waals surface area contributed by atoms with Crippen molar-refractivity contribution < 1.29 is 8.42 Å². The van der Waals surface area contributed by atoms with Crippen LogP contribution in [-0.2, 0) is 9.84 Å². The van der Waals surface area contributed by atoms with Crippen LogP contribution in [0.25, 0.3) is 10.9 Å². The van der Waals surface area contributed by atoms with Gasteiger partial charge in [-0.2, -0.15) is 0 Å². The molecule has 3 aromatic rings. The largest absolute Gasteiger partial charge is 0.361 e. The molecule has 1 unspecified atom stereocenters. The summed E-state index contributed by atoms with van der Waals surface area (Å²) in [6, 6.07) is 16.8. The Morgan fingerprint density at radius 1 is 1.14 bits per heavy atom. The van der Waals surface area contributed by atoms with E-state index in [1.807, 2.05) is 54.3 Å². The standard InChI is InChI=1S/C27H36N6O2S2/c1-4-32(5-2)16-15-29-27(36)30-22-9-12-24-21(18-22)8-13-25(31-24)33-17-14-28-19-26(33)37(34,35)23-10-6-20(3)7-11-23/h6-13,18,26,28H,4-5,14-17,19H2,1-3H3,(H2,29,30,36). The first-order valence-electron chi connectivity index (χ1n) is 12.8. The Bertz CT molecular complexity index is 1330. The Morgan fingerprint density at radius 3 is 2.62 bits per heavy atom. The van der Waals surface area contributed by atoms with Crippen molar-refractivity contribution in [3.05, 3.63) is 60.2 Å². The van der Waals surface area contributed by atoms with Gasteiger partial charge in [-0.25, -0.2) is 13.4 Å². The Balaban J connectivity index is 1.48. The second-order valence-electron chi connectivity index (χ2n) is 9.19. The van der Waals surface area contributed by atoms with E-state index in [0.717, 1.165) is 48.3 Å². The van der Waals surface area contributed by atoms with Gasteiger partial charge in [0, 0.05) is 43.8 Å². The molecule has 0 bridgehead atoms. The van der Waals surface area contributed by atoms with Gasteiger partial charge in [0.25, 0.3) is 0 Å². The first-order valence-corrected chi connectivity index (χ1v) is 14.7. The van der Waals surface area contributed by atoms with E-state index in [1.165, 1.54) is 0 Å². The molecule has 1 fully saturated rings. The molecule has 1 aliphatic rings. The molecule has 2 heterocycles. The lowest BCUT2D eigenvalue weighted by Crippen LogP contribution is -2.55. The van der Waals surface area contributed by atoms with Crippen molar-refractivity contribution in [1.82, 2.24) is 20.5 Å². The van der Waals surface area contributed by atoms with Gasteiger partial charge in [-0.1, -0.05) is 31.5 Å². The molecule has 0 spiro atoms. The quantitative estimate of drug-likeness (QED) is 0.354. The fraction of sp³-hybridized carbons (Fsp3) is 0.407. The Morgan fingerprint density at radius 2 is 1.89 bits per heavy atom. The summed E-state index contributed by atoms with van der Waals surface area (Å²) in [7, 11) is -3.58. The lowest BCUT2D eigenvalue weighted by atomic mass is 10.2. The van der Waals surface area contributed by atoms with Crippen LogP contribution in [0.15, 0.2) is 59.5 Å². The lowest BCUT2D eigenvalue weighted by molar-refractivity contribution is 0.308. The van der Waals surface area contributed by atoms with Gasteiger partial charge in [0.05, 0.1) is 10.4 Å². The molecule has 10 heteroatoms. The summed E-state index contributed by atoms with van der Waals surface area (Å²) >= 11 is 5.46. The van der Waals surface area contributed by atoms with Gasteiger partial charge in [-0.15, -0.1) is 0 Å². The monoisotopic (exact) mass is 540 g/mol. The Kier molecular flexibility index (Phi) is 8.96. The molecule has 4 rings (SSSR count).